The van der Waals surface area contributed by atoms with Gasteiger partial charge in [0.05, 0.1) is 43.7 Å². The van der Waals surface area contributed by atoms with E-state index in [0.717, 1.165) is 49.2 Å². The molecule has 0 radical (unpaired) electrons. The summed E-state index contributed by atoms with van der Waals surface area (Å²) in [6.07, 6.45) is -1.56. The van der Waals surface area contributed by atoms with Crippen LogP contribution in [0, 0.1) is 0 Å². The van der Waals surface area contributed by atoms with Crippen LogP contribution in [0.25, 0.3) is 10.9 Å². The maximum atomic E-state index is 13.4. The van der Waals surface area contributed by atoms with E-state index in [0.29, 0.717) is 42.2 Å². The number of hydrogen-bond acceptors (Lipinski definition) is 7. The Balaban J connectivity index is 1.68. The van der Waals surface area contributed by atoms with E-state index in [2.05, 4.69) is 21.4 Å². The standard InChI is InChI=1S/C26H27F3N4O4/c1-3-24(34)33(19-7-4-6-18(14-19)26(27,28)29)25-20-15-23(22(35-2)16-21(20)30-17-31-25)37-11-5-8-32-9-12-36-13-10-32/h3-4,6-7,14-17H,1,5,8-13H2,2H3. The smallest absolute Gasteiger partial charge is 0.416 e. The van der Waals surface area contributed by atoms with E-state index in [1.54, 1.807) is 12.1 Å². The Morgan fingerprint density at radius 2 is 1.97 bits per heavy atom. The number of benzene rings is 2. The lowest BCUT2D eigenvalue weighted by Crippen LogP contribution is -2.37. The van der Waals surface area contributed by atoms with Gasteiger partial charge in [0, 0.05) is 31.1 Å². The number of carbonyl (C=O) groups is 1. The highest BCUT2D eigenvalue weighted by molar-refractivity contribution is 6.10. The van der Waals surface area contributed by atoms with Crippen LogP contribution in [0.4, 0.5) is 24.7 Å². The number of amides is 1. The molecule has 2 heterocycles. The van der Waals surface area contributed by atoms with Crippen molar-refractivity contribution in [3.8, 4) is 11.5 Å². The second-order valence-corrected chi connectivity index (χ2v) is 8.30. The fourth-order valence-electron chi connectivity index (χ4n) is 4.06. The Morgan fingerprint density at radius 3 is 2.68 bits per heavy atom. The number of hydrogen-bond donors (Lipinski definition) is 0. The largest absolute Gasteiger partial charge is 0.493 e. The molecule has 0 spiro atoms. The molecule has 0 atom stereocenters. The van der Waals surface area contributed by atoms with Gasteiger partial charge in [-0.1, -0.05) is 12.6 Å². The second-order valence-electron chi connectivity index (χ2n) is 8.30. The van der Waals surface area contributed by atoms with Crippen LogP contribution in [0.3, 0.4) is 0 Å². The van der Waals surface area contributed by atoms with Gasteiger partial charge in [0.1, 0.15) is 6.33 Å². The normalized spacial score (nSPS) is 14.4. The molecule has 0 aliphatic carbocycles. The van der Waals surface area contributed by atoms with Crippen LogP contribution in [0.15, 0.2) is 55.4 Å². The lowest BCUT2D eigenvalue weighted by atomic mass is 10.1. The number of anilines is 2. The van der Waals surface area contributed by atoms with Crippen molar-refractivity contribution >= 4 is 28.3 Å². The van der Waals surface area contributed by atoms with Gasteiger partial charge in [-0.05, 0) is 36.8 Å². The quantitative estimate of drug-likeness (QED) is 0.304. The van der Waals surface area contributed by atoms with Gasteiger partial charge in [0.2, 0.25) is 0 Å². The van der Waals surface area contributed by atoms with Crippen LogP contribution in [0.5, 0.6) is 11.5 Å². The summed E-state index contributed by atoms with van der Waals surface area (Å²) >= 11 is 0. The fraction of sp³-hybridized carbons (Fsp3) is 0.346. The Bertz CT molecular complexity index is 1260. The Morgan fingerprint density at radius 1 is 1.19 bits per heavy atom. The molecule has 0 bridgehead atoms. The molecule has 1 fully saturated rings. The number of rotatable bonds is 9. The minimum Gasteiger partial charge on any atom is -0.493 e. The number of aromatic nitrogens is 2. The Hall–Kier alpha value is -3.70. The number of morpholine rings is 1. The average molecular weight is 517 g/mol. The molecule has 1 aliphatic heterocycles. The number of fused-ring (bicyclic) bond motifs is 1. The Labute approximate surface area is 212 Å². The molecule has 1 aliphatic rings. The summed E-state index contributed by atoms with van der Waals surface area (Å²) in [7, 11) is 1.50. The van der Waals surface area contributed by atoms with E-state index in [9.17, 15) is 18.0 Å². The molecular formula is C26H27F3N4O4. The first kappa shape index (κ1) is 26.4. The lowest BCUT2D eigenvalue weighted by molar-refractivity contribution is -0.137. The zero-order valence-electron chi connectivity index (χ0n) is 20.3. The predicted molar refractivity (Wildman–Crippen MR) is 132 cm³/mol. The highest BCUT2D eigenvalue weighted by atomic mass is 19.4. The van der Waals surface area contributed by atoms with Crippen molar-refractivity contribution in [2.75, 3.05) is 51.5 Å². The molecule has 1 saturated heterocycles. The maximum absolute atomic E-state index is 13.4. The van der Waals surface area contributed by atoms with E-state index in [1.807, 2.05) is 0 Å². The van der Waals surface area contributed by atoms with E-state index < -0.39 is 17.6 Å². The third-order valence-electron chi connectivity index (χ3n) is 5.92. The summed E-state index contributed by atoms with van der Waals surface area (Å²) in [6.45, 7) is 7.95. The molecule has 0 unspecified atom stereocenters. The van der Waals surface area contributed by atoms with Gasteiger partial charge in [-0.3, -0.25) is 14.6 Å². The minimum absolute atomic E-state index is 0.0106. The first-order chi connectivity index (χ1) is 17.8. The zero-order chi connectivity index (χ0) is 26.4. The molecule has 4 rings (SSSR count). The van der Waals surface area contributed by atoms with Crippen molar-refractivity contribution in [3.05, 3.63) is 60.9 Å². The zero-order valence-corrected chi connectivity index (χ0v) is 20.3. The van der Waals surface area contributed by atoms with Gasteiger partial charge in [0.15, 0.2) is 17.3 Å². The van der Waals surface area contributed by atoms with Gasteiger partial charge in [-0.25, -0.2) is 9.97 Å². The van der Waals surface area contributed by atoms with Gasteiger partial charge in [-0.2, -0.15) is 13.2 Å². The molecule has 11 heteroatoms. The molecule has 196 valence electrons. The molecule has 1 amide bonds. The van der Waals surface area contributed by atoms with Crippen molar-refractivity contribution in [2.24, 2.45) is 0 Å². The highest BCUT2D eigenvalue weighted by Gasteiger charge is 2.32. The van der Waals surface area contributed by atoms with Crippen LogP contribution in [0.2, 0.25) is 0 Å². The van der Waals surface area contributed by atoms with Crippen LogP contribution < -0.4 is 14.4 Å². The summed E-state index contributed by atoms with van der Waals surface area (Å²) in [6, 6.07) is 7.73. The van der Waals surface area contributed by atoms with Gasteiger partial charge < -0.3 is 14.2 Å². The third-order valence-corrected chi connectivity index (χ3v) is 5.92. The molecule has 0 saturated carbocycles. The minimum atomic E-state index is -4.58. The third kappa shape index (κ3) is 6.17. The van der Waals surface area contributed by atoms with Crippen molar-refractivity contribution in [2.45, 2.75) is 12.6 Å². The summed E-state index contributed by atoms with van der Waals surface area (Å²) in [5.41, 5.74) is -0.476. The summed E-state index contributed by atoms with van der Waals surface area (Å²) in [4.78, 5) is 24.8. The van der Waals surface area contributed by atoms with Crippen molar-refractivity contribution in [1.82, 2.24) is 14.9 Å². The number of alkyl halides is 3. The fourth-order valence-corrected chi connectivity index (χ4v) is 4.06. The second kappa shape index (κ2) is 11.6. The number of nitrogens with zero attached hydrogens (tertiary/aromatic N) is 4. The summed E-state index contributed by atoms with van der Waals surface area (Å²) < 4.78 is 57.0. The predicted octanol–water partition coefficient (Wildman–Crippen LogP) is 4.61. The summed E-state index contributed by atoms with van der Waals surface area (Å²) in [5, 5.41) is 0.402. The lowest BCUT2D eigenvalue weighted by Gasteiger charge is -2.26. The van der Waals surface area contributed by atoms with Crippen LogP contribution in [-0.4, -0.2) is 67.3 Å². The highest BCUT2D eigenvalue weighted by Crippen LogP contribution is 2.38. The van der Waals surface area contributed by atoms with Crippen molar-refractivity contribution < 1.29 is 32.2 Å². The summed E-state index contributed by atoms with van der Waals surface area (Å²) in [5.74, 6) is 0.283. The molecule has 0 N–H and O–H groups in total. The molecule has 3 aromatic rings. The molecule has 37 heavy (non-hydrogen) atoms. The van der Waals surface area contributed by atoms with E-state index >= 15 is 0 Å². The van der Waals surface area contributed by atoms with Crippen molar-refractivity contribution in [1.29, 1.82) is 0 Å². The van der Waals surface area contributed by atoms with Crippen LogP contribution in [-0.2, 0) is 15.7 Å². The first-order valence-corrected chi connectivity index (χ1v) is 11.7. The molecule has 8 nitrogen and oxygen atoms in total. The maximum Gasteiger partial charge on any atom is 0.416 e. The average Bonchev–Trinajstić information content (AvgIpc) is 2.91. The van der Waals surface area contributed by atoms with Crippen LogP contribution in [0.1, 0.15) is 12.0 Å². The molecular weight excluding hydrogens is 489 g/mol. The Kier molecular flexibility index (Phi) is 8.24. The number of methoxy groups -OCH3 is 1. The van der Waals surface area contributed by atoms with Gasteiger partial charge >= 0.3 is 6.18 Å². The molecule has 2 aromatic carbocycles. The topological polar surface area (TPSA) is 77.0 Å². The van der Waals surface area contributed by atoms with E-state index in [-0.39, 0.29) is 11.5 Å². The van der Waals surface area contributed by atoms with E-state index in [4.69, 9.17) is 14.2 Å². The number of carbonyl (C=O) groups excluding carboxylic acids is 1. The first-order valence-electron chi connectivity index (χ1n) is 11.7. The molecule has 1 aromatic heterocycles. The van der Waals surface area contributed by atoms with Crippen LogP contribution >= 0.6 is 0 Å². The van der Waals surface area contributed by atoms with E-state index in [1.165, 1.54) is 25.6 Å². The van der Waals surface area contributed by atoms with Crippen molar-refractivity contribution in [3.63, 3.8) is 0 Å². The van der Waals surface area contributed by atoms with Gasteiger partial charge in [0.25, 0.3) is 5.91 Å². The van der Waals surface area contributed by atoms with Gasteiger partial charge in [-0.15, -0.1) is 0 Å². The number of ether oxygens (including phenoxy) is 3. The number of halogens is 3. The SMILES string of the molecule is C=CC(=O)N(c1cccc(C(F)(F)F)c1)c1ncnc2cc(OC)c(OCCCN3CCOCC3)cc12. The monoisotopic (exact) mass is 516 g/mol.